The smallest absolute Gasteiger partial charge is 0.270 e. The van der Waals surface area contributed by atoms with Crippen molar-refractivity contribution in [1.29, 1.82) is 0 Å². The molecule has 158 valence electrons. The molecule has 0 spiro atoms. The fourth-order valence-electron chi connectivity index (χ4n) is 3.47. The molecule has 2 aromatic rings. The second-order valence-electron chi connectivity index (χ2n) is 6.57. The third-order valence-corrected chi connectivity index (χ3v) is 5.05. The number of hydrogen-bond donors (Lipinski definition) is 0. The van der Waals surface area contributed by atoms with Crippen LogP contribution >= 0.6 is 24.8 Å². The molecule has 0 saturated heterocycles. The van der Waals surface area contributed by atoms with Gasteiger partial charge in [-0.1, -0.05) is 44.2 Å². The van der Waals surface area contributed by atoms with Crippen LogP contribution in [0.2, 0.25) is 0 Å². The number of nitro benzene ring substituents is 1. The van der Waals surface area contributed by atoms with Crippen molar-refractivity contribution in [3.05, 3.63) is 69.8 Å². The van der Waals surface area contributed by atoms with Gasteiger partial charge in [0.1, 0.15) is 0 Å². The number of benzene rings is 2. The molecular formula is C21H28Cl2N4O2. The van der Waals surface area contributed by atoms with E-state index in [0.717, 1.165) is 55.2 Å². The van der Waals surface area contributed by atoms with E-state index in [-0.39, 0.29) is 35.4 Å². The second-order valence-corrected chi connectivity index (χ2v) is 6.57. The zero-order valence-electron chi connectivity index (χ0n) is 16.8. The molecule has 1 aliphatic rings. The number of fused-ring (bicyclic) bond motifs is 1. The first-order valence-corrected chi connectivity index (χ1v) is 9.50. The van der Waals surface area contributed by atoms with Crippen LogP contribution in [0.25, 0.3) is 0 Å². The third kappa shape index (κ3) is 5.92. The second kappa shape index (κ2) is 11.8. The maximum Gasteiger partial charge on any atom is 0.270 e. The van der Waals surface area contributed by atoms with Crippen LogP contribution in [0.3, 0.4) is 0 Å². The Balaban J connectivity index is 0.00000210. The van der Waals surface area contributed by atoms with Crippen LogP contribution in [-0.4, -0.2) is 54.8 Å². The SMILES string of the molecule is CCN(CC)CCN1CCN=C(c2ccccc2)c2cc([N+](=O)[O-])ccc21.Cl.Cl. The van der Waals surface area contributed by atoms with Crippen molar-refractivity contribution in [3.8, 4) is 0 Å². The summed E-state index contributed by atoms with van der Waals surface area (Å²) in [6.45, 7) is 9.69. The quantitative estimate of drug-likeness (QED) is 0.473. The van der Waals surface area contributed by atoms with E-state index in [1.165, 1.54) is 0 Å². The molecule has 0 N–H and O–H groups in total. The van der Waals surface area contributed by atoms with Gasteiger partial charge in [0, 0.05) is 48.6 Å². The Bertz CT molecular complexity index is 827. The molecule has 0 saturated carbocycles. The average molecular weight is 439 g/mol. The number of non-ortho nitro benzene ring substituents is 1. The molecule has 0 aliphatic carbocycles. The van der Waals surface area contributed by atoms with E-state index in [0.29, 0.717) is 6.54 Å². The fraction of sp³-hybridized carbons (Fsp3) is 0.381. The number of anilines is 1. The molecule has 8 heteroatoms. The zero-order chi connectivity index (χ0) is 19.2. The first-order valence-electron chi connectivity index (χ1n) is 9.50. The number of halogens is 2. The number of nitro groups is 1. The first-order chi connectivity index (χ1) is 13.1. The molecule has 0 atom stereocenters. The molecule has 1 aliphatic heterocycles. The topological polar surface area (TPSA) is 62.0 Å². The lowest BCUT2D eigenvalue weighted by Gasteiger charge is -2.28. The molecule has 0 amide bonds. The summed E-state index contributed by atoms with van der Waals surface area (Å²) in [7, 11) is 0. The van der Waals surface area contributed by atoms with Crippen molar-refractivity contribution in [2.45, 2.75) is 13.8 Å². The summed E-state index contributed by atoms with van der Waals surface area (Å²) in [5, 5.41) is 11.3. The maximum atomic E-state index is 11.3. The molecule has 0 unspecified atom stereocenters. The van der Waals surface area contributed by atoms with Crippen molar-refractivity contribution in [3.63, 3.8) is 0 Å². The molecule has 3 rings (SSSR count). The third-order valence-electron chi connectivity index (χ3n) is 5.05. The highest BCUT2D eigenvalue weighted by atomic mass is 35.5. The summed E-state index contributed by atoms with van der Waals surface area (Å²) in [4.78, 5) is 20.5. The van der Waals surface area contributed by atoms with E-state index < -0.39 is 0 Å². The molecular weight excluding hydrogens is 411 g/mol. The van der Waals surface area contributed by atoms with Crippen molar-refractivity contribution >= 4 is 41.9 Å². The molecule has 0 bridgehead atoms. The van der Waals surface area contributed by atoms with Crippen LogP contribution in [0.15, 0.2) is 53.5 Å². The Morgan fingerprint density at radius 2 is 1.79 bits per heavy atom. The number of benzodiazepines with no additional fused rings is 1. The van der Waals surface area contributed by atoms with Gasteiger partial charge < -0.3 is 9.80 Å². The molecule has 0 fully saturated rings. The number of hydrogen-bond acceptors (Lipinski definition) is 5. The predicted octanol–water partition coefficient (Wildman–Crippen LogP) is 4.44. The van der Waals surface area contributed by atoms with Crippen LogP contribution in [0.4, 0.5) is 11.4 Å². The minimum Gasteiger partial charge on any atom is -0.368 e. The molecule has 0 radical (unpaired) electrons. The number of rotatable bonds is 7. The Labute approximate surface area is 184 Å². The average Bonchev–Trinajstić information content (AvgIpc) is 2.88. The Hall–Kier alpha value is -2.15. The Kier molecular flexibility index (Phi) is 10.1. The van der Waals surface area contributed by atoms with Gasteiger partial charge in [0.15, 0.2) is 0 Å². The van der Waals surface area contributed by atoms with Gasteiger partial charge in [0.05, 0.1) is 17.2 Å². The summed E-state index contributed by atoms with van der Waals surface area (Å²) in [5.41, 5.74) is 3.78. The summed E-state index contributed by atoms with van der Waals surface area (Å²) in [6.07, 6.45) is 0. The highest BCUT2D eigenvalue weighted by molar-refractivity contribution is 6.16. The summed E-state index contributed by atoms with van der Waals surface area (Å²) < 4.78 is 0. The van der Waals surface area contributed by atoms with Crippen LogP contribution in [-0.2, 0) is 0 Å². The number of likely N-dealkylation sites (N-methyl/N-ethyl adjacent to an activating group) is 1. The highest BCUT2D eigenvalue weighted by Crippen LogP contribution is 2.30. The molecule has 2 aromatic carbocycles. The molecule has 29 heavy (non-hydrogen) atoms. The van der Waals surface area contributed by atoms with Crippen molar-refractivity contribution in [1.82, 2.24) is 4.90 Å². The molecule has 0 aromatic heterocycles. The van der Waals surface area contributed by atoms with Gasteiger partial charge in [-0.3, -0.25) is 15.1 Å². The van der Waals surface area contributed by atoms with Crippen LogP contribution < -0.4 is 4.90 Å². The van der Waals surface area contributed by atoms with Gasteiger partial charge in [0.2, 0.25) is 0 Å². The van der Waals surface area contributed by atoms with Gasteiger partial charge in [-0.2, -0.15) is 0 Å². The van der Waals surface area contributed by atoms with Crippen molar-refractivity contribution < 1.29 is 4.92 Å². The standard InChI is InChI=1S/C21H26N4O2.2ClH/c1-3-23(4-2)14-15-24-13-12-22-21(17-8-6-5-7-9-17)19-16-18(25(26)27)10-11-20(19)24;;/h5-11,16H,3-4,12-15H2,1-2H3;2*1H. The lowest BCUT2D eigenvalue weighted by atomic mass is 9.99. The maximum absolute atomic E-state index is 11.3. The fourth-order valence-corrected chi connectivity index (χ4v) is 3.47. The normalized spacial score (nSPS) is 12.9. The van der Waals surface area contributed by atoms with E-state index in [1.807, 2.05) is 36.4 Å². The number of nitrogens with zero attached hydrogens (tertiary/aromatic N) is 4. The van der Waals surface area contributed by atoms with Crippen LogP contribution in [0.5, 0.6) is 0 Å². The van der Waals surface area contributed by atoms with Gasteiger partial charge in [0.25, 0.3) is 5.69 Å². The summed E-state index contributed by atoms with van der Waals surface area (Å²) >= 11 is 0. The van der Waals surface area contributed by atoms with Gasteiger partial charge in [-0.15, -0.1) is 24.8 Å². The Morgan fingerprint density at radius 1 is 1.10 bits per heavy atom. The summed E-state index contributed by atoms with van der Waals surface area (Å²) in [5.74, 6) is 0. The lowest BCUT2D eigenvalue weighted by Crippen LogP contribution is -2.36. The first kappa shape index (κ1) is 24.9. The minimum absolute atomic E-state index is 0. The van der Waals surface area contributed by atoms with E-state index in [9.17, 15) is 10.1 Å². The minimum atomic E-state index is -0.339. The van der Waals surface area contributed by atoms with Gasteiger partial charge in [-0.05, 0) is 19.2 Å². The van der Waals surface area contributed by atoms with E-state index in [1.54, 1.807) is 12.1 Å². The lowest BCUT2D eigenvalue weighted by molar-refractivity contribution is -0.384. The number of aliphatic imine (C=N–C) groups is 1. The van der Waals surface area contributed by atoms with Gasteiger partial charge in [-0.25, -0.2) is 0 Å². The monoisotopic (exact) mass is 438 g/mol. The molecule has 1 heterocycles. The Morgan fingerprint density at radius 3 is 2.41 bits per heavy atom. The van der Waals surface area contributed by atoms with Crippen LogP contribution in [0.1, 0.15) is 25.0 Å². The molecule has 6 nitrogen and oxygen atoms in total. The van der Waals surface area contributed by atoms with Crippen molar-refractivity contribution in [2.75, 3.05) is 44.2 Å². The summed E-state index contributed by atoms with van der Waals surface area (Å²) in [6, 6.07) is 15.1. The van der Waals surface area contributed by atoms with E-state index in [4.69, 9.17) is 4.99 Å². The van der Waals surface area contributed by atoms with Crippen LogP contribution in [0, 0.1) is 10.1 Å². The highest BCUT2D eigenvalue weighted by Gasteiger charge is 2.22. The van der Waals surface area contributed by atoms with E-state index >= 15 is 0 Å². The van der Waals surface area contributed by atoms with E-state index in [2.05, 4.69) is 23.6 Å². The predicted molar refractivity (Wildman–Crippen MR) is 125 cm³/mol. The van der Waals surface area contributed by atoms with Gasteiger partial charge >= 0.3 is 0 Å². The zero-order valence-corrected chi connectivity index (χ0v) is 18.4. The largest absolute Gasteiger partial charge is 0.368 e. The van der Waals surface area contributed by atoms with Crippen molar-refractivity contribution in [2.24, 2.45) is 4.99 Å².